The molecule has 0 aliphatic rings. The predicted octanol–water partition coefficient (Wildman–Crippen LogP) is 5.64. The van der Waals surface area contributed by atoms with E-state index in [0.29, 0.717) is 0 Å². The first-order valence-electron chi connectivity index (χ1n) is 6.33. The normalized spacial score (nSPS) is 11.8. The Bertz CT molecular complexity index is 311. The first-order valence-corrected chi connectivity index (χ1v) is 8.44. The molecule has 1 rings (SSSR count). The second kappa shape index (κ2) is 7.48. The minimum Gasteiger partial charge on any atom is -0.126 e. The van der Waals surface area contributed by atoms with Gasteiger partial charge in [-0.05, 0) is 41.7 Å². The fraction of sp³-hybridized carbons (Fsp3) is 0.600. The van der Waals surface area contributed by atoms with Crippen molar-refractivity contribution in [1.82, 2.24) is 0 Å². The lowest BCUT2D eigenvalue weighted by Crippen LogP contribution is -2.10. The van der Waals surface area contributed by atoms with Crippen LogP contribution in [-0.2, 0) is 5.41 Å². The lowest BCUT2D eigenvalue weighted by atomic mass is 9.87. The van der Waals surface area contributed by atoms with Crippen LogP contribution >= 0.6 is 27.7 Å². The molecule has 0 radical (unpaired) electrons. The largest absolute Gasteiger partial charge is 0.126 e. The Morgan fingerprint density at radius 2 is 1.65 bits per heavy atom. The summed E-state index contributed by atoms with van der Waals surface area (Å²) >= 11 is 5.44. The van der Waals surface area contributed by atoms with E-state index in [0.717, 1.165) is 5.33 Å². The Balaban J connectivity index is 2.36. The highest BCUT2D eigenvalue weighted by molar-refractivity contribution is 9.09. The molecule has 17 heavy (non-hydrogen) atoms. The summed E-state index contributed by atoms with van der Waals surface area (Å²) in [6.45, 7) is 6.78. The zero-order valence-corrected chi connectivity index (χ0v) is 13.5. The van der Waals surface area contributed by atoms with Crippen LogP contribution in [0.2, 0.25) is 0 Å². The van der Waals surface area contributed by atoms with Gasteiger partial charge in [-0.3, -0.25) is 0 Å². The van der Waals surface area contributed by atoms with Crippen molar-refractivity contribution in [1.29, 1.82) is 0 Å². The molecule has 0 saturated heterocycles. The van der Waals surface area contributed by atoms with E-state index in [1.807, 2.05) is 11.8 Å². The lowest BCUT2D eigenvalue weighted by Gasteiger charge is -2.19. The van der Waals surface area contributed by atoms with Crippen molar-refractivity contribution >= 4 is 27.7 Å². The molecule has 2 heteroatoms. The van der Waals surface area contributed by atoms with E-state index in [9.17, 15) is 0 Å². The van der Waals surface area contributed by atoms with Crippen LogP contribution in [0, 0.1) is 0 Å². The number of benzene rings is 1. The van der Waals surface area contributed by atoms with Crippen LogP contribution in [0.15, 0.2) is 29.2 Å². The van der Waals surface area contributed by atoms with Crippen molar-refractivity contribution in [3.05, 3.63) is 29.8 Å². The standard InChI is InChI=1S/C15H23BrS/c1-15(2,3)13-7-9-14(10-8-13)17-12-6-4-5-11-16/h7-10H,4-6,11-12H2,1-3H3. The zero-order valence-electron chi connectivity index (χ0n) is 11.1. The number of rotatable bonds is 6. The first-order chi connectivity index (χ1) is 8.04. The fourth-order valence-electron chi connectivity index (χ4n) is 1.61. The topological polar surface area (TPSA) is 0 Å². The molecule has 0 bridgehead atoms. The average molecular weight is 315 g/mol. The summed E-state index contributed by atoms with van der Waals surface area (Å²) in [5.74, 6) is 1.24. The molecule has 0 unspecified atom stereocenters. The summed E-state index contributed by atoms with van der Waals surface area (Å²) in [5.41, 5.74) is 1.68. The molecule has 0 atom stereocenters. The average Bonchev–Trinajstić information content (AvgIpc) is 2.28. The molecule has 0 spiro atoms. The highest BCUT2D eigenvalue weighted by Gasteiger charge is 2.12. The van der Waals surface area contributed by atoms with Gasteiger partial charge < -0.3 is 0 Å². The van der Waals surface area contributed by atoms with Gasteiger partial charge >= 0.3 is 0 Å². The van der Waals surface area contributed by atoms with Gasteiger partial charge in [-0.15, -0.1) is 11.8 Å². The van der Waals surface area contributed by atoms with Crippen LogP contribution in [0.4, 0.5) is 0 Å². The summed E-state index contributed by atoms with van der Waals surface area (Å²) in [6.07, 6.45) is 3.94. The predicted molar refractivity (Wildman–Crippen MR) is 83.5 cm³/mol. The second-order valence-corrected chi connectivity index (χ2v) is 7.33. The molecule has 96 valence electrons. The maximum atomic E-state index is 3.47. The van der Waals surface area contributed by atoms with Crippen molar-refractivity contribution < 1.29 is 0 Å². The maximum Gasteiger partial charge on any atom is 0.00721 e. The van der Waals surface area contributed by atoms with Crippen molar-refractivity contribution in [3.63, 3.8) is 0 Å². The molecular weight excluding hydrogens is 292 g/mol. The number of hydrogen-bond acceptors (Lipinski definition) is 1. The van der Waals surface area contributed by atoms with E-state index in [1.165, 1.54) is 35.5 Å². The lowest BCUT2D eigenvalue weighted by molar-refractivity contribution is 0.590. The van der Waals surface area contributed by atoms with Crippen molar-refractivity contribution in [2.45, 2.75) is 50.3 Å². The highest BCUT2D eigenvalue weighted by Crippen LogP contribution is 2.26. The molecule has 0 aromatic heterocycles. The van der Waals surface area contributed by atoms with Gasteiger partial charge in [0.25, 0.3) is 0 Å². The Labute approximate surface area is 119 Å². The SMILES string of the molecule is CC(C)(C)c1ccc(SCCCCCBr)cc1. The third kappa shape index (κ3) is 5.96. The minimum atomic E-state index is 0.263. The fourth-order valence-corrected chi connectivity index (χ4v) is 2.92. The Morgan fingerprint density at radius 1 is 1.00 bits per heavy atom. The summed E-state index contributed by atoms with van der Waals surface area (Å²) in [7, 11) is 0. The molecular formula is C15H23BrS. The van der Waals surface area contributed by atoms with Gasteiger partial charge in [-0.1, -0.05) is 55.3 Å². The Hall–Kier alpha value is 0.0500. The third-order valence-electron chi connectivity index (χ3n) is 2.77. The van der Waals surface area contributed by atoms with Crippen LogP contribution < -0.4 is 0 Å². The van der Waals surface area contributed by atoms with E-state index in [-0.39, 0.29) is 5.41 Å². The highest BCUT2D eigenvalue weighted by atomic mass is 79.9. The number of alkyl halides is 1. The number of unbranched alkanes of at least 4 members (excludes halogenated alkanes) is 2. The number of thioether (sulfide) groups is 1. The van der Waals surface area contributed by atoms with Crippen molar-refractivity contribution in [3.8, 4) is 0 Å². The monoisotopic (exact) mass is 314 g/mol. The van der Waals surface area contributed by atoms with Crippen molar-refractivity contribution in [2.75, 3.05) is 11.1 Å². The molecule has 1 aromatic rings. The van der Waals surface area contributed by atoms with E-state index in [1.54, 1.807) is 0 Å². The van der Waals surface area contributed by atoms with Gasteiger partial charge in [0.2, 0.25) is 0 Å². The number of hydrogen-bond donors (Lipinski definition) is 0. The van der Waals surface area contributed by atoms with E-state index >= 15 is 0 Å². The smallest absolute Gasteiger partial charge is 0.00721 e. The molecule has 0 amide bonds. The van der Waals surface area contributed by atoms with Crippen LogP contribution in [0.5, 0.6) is 0 Å². The van der Waals surface area contributed by atoms with Crippen LogP contribution in [-0.4, -0.2) is 11.1 Å². The molecule has 0 N–H and O–H groups in total. The molecule has 0 nitrogen and oxygen atoms in total. The molecule has 0 heterocycles. The quantitative estimate of drug-likeness (QED) is 0.372. The summed E-state index contributed by atoms with van der Waals surface area (Å²) in [5, 5.41) is 1.14. The van der Waals surface area contributed by atoms with Gasteiger partial charge in [0.1, 0.15) is 0 Å². The molecule has 1 aromatic carbocycles. The summed E-state index contributed by atoms with van der Waals surface area (Å²) < 4.78 is 0. The zero-order chi connectivity index (χ0) is 12.7. The van der Waals surface area contributed by atoms with E-state index in [4.69, 9.17) is 0 Å². The molecule has 0 aliphatic carbocycles. The maximum absolute atomic E-state index is 3.47. The first kappa shape index (κ1) is 15.1. The van der Waals surface area contributed by atoms with Gasteiger partial charge in [0.05, 0.1) is 0 Å². The Morgan fingerprint density at radius 3 is 2.18 bits per heavy atom. The van der Waals surface area contributed by atoms with Crippen LogP contribution in [0.25, 0.3) is 0 Å². The van der Waals surface area contributed by atoms with Crippen LogP contribution in [0.1, 0.15) is 45.6 Å². The van der Waals surface area contributed by atoms with Gasteiger partial charge in [0, 0.05) is 10.2 Å². The molecule has 0 saturated carbocycles. The number of halogens is 1. The summed E-state index contributed by atoms with van der Waals surface area (Å²) in [4.78, 5) is 1.40. The molecule has 0 fully saturated rings. The van der Waals surface area contributed by atoms with E-state index < -0.39 is 0 Å². The Kier molecular flexibility index (Phi) is 6.65. The van der Waals surface area contributed by atoms with Gasteiger partial charge in [-0.25, -0.2) is 0 Å². The van der Waals surface area contributed by atoms with Gasteiger partial charge in [0.15, 0.2) is 0 Å². The van der Waals surface area contributed by atoms with Crippen LogP contribution in [0.3, 0.4) is 0 Å². The summed E-state index contributed by atoms with van der Waals surface area (Å²) in [6, 6.07) is 9.05. The van der Waals surface area contributed by atoms with Crippen molar-refractivity contribution in [2.24, 2.45) is 0 Å². The molecule has 0 aliphatic heterocycles. The minimum absolute atomic E-state index is 0.263. The van der Waals surface area contributed by atoms with Gasteiger partial charge in [-0.2, -0.15) is 0 Å². The second-order valence-electron chi connectivity index (χ2n) is 5.37. The third-order valence-corrected chi connectivity index (χ3v) is 4.43. The van der Waals surface area contributed by atoms with E-state index in [2.05, 4.69) is 61.0 Å².